The molecule has 6 heteroatoms. The van der Waals surface area contributed by atoms with Gasteiger partial charge in [0.15, 0.2) is 0 Å². The van der Waals surface area contributed by atoms with Crippen molar-refractivity contribution in [3.05, 3.63) is 15.6 Å². The smallest absolute Gasteiger partial charge is 0.350 e. The Morgan fingerprint density at radius 2 is 2.10 bits per heavy atom. The standard InChI is InChI=1S/C14H22N2O3S/c1-9-4-6-14(15,7-5-9)13-16-10(8-18-2)11(20-13)12(17)19-3/h9H,4-8,15H2,1-3H3. The number of hydrogen-bond donors (Lipinski definition) is 1. The van der Waals surface area contributed by atoms with E-state index in [1.807, 2.05) is 0 Å². The van der Waals surface area contributed by atoms with Crippen molar-refractivity contribution in [2.75, 3.05) is 14.2 Å². The van der Waals surface area contributed by atoms with Crippen LogP contribution in [0.4, 0.5) is 0 Å². The minimum atomic E-state index is -0.411. The number of carbonyl (C=O) groups is 1. The molecule has 20 heavy (non-hydrogen) atoms. The van der Waals surface area contributed by atoms with Gasteiger partial charge in [0, 0.05) is 7.11 Å². The van der Waals surface area contributed by atoms with E-state index in [0.29, 0.717) is 23.1 Å². The molecule has 0 radical (unpaired) electrons. The van der Waals surface area contributed by atoms with Gasteiger partial charge in [0.1, 0.15) is 9.88 Å². The first kappa shape index (κ1) is 15.4. The van der Waals surface area contributed by atoms with Crippen LogP contribution in [0.2, 0.25) is 0 Å². The molecule has 0 saturated heterocycles. The van der Waals surface area contributed by atoms with Gasteiger partial charge in [-0.3, -0.25) is 0 Å². The van der Waals surface area contributed by atoms with Crippen molar-refractivity contribution >= 4 is 17.3 Å². The lowest BCUT2D eigenvalue weighted by Crippen LogP contribution is -2.40. The Bertz CT molecular complexity index is 479. The number of hydrogen-bond acceptors (Lipinski definition) is 6. The molecule has 1 aliphatic rings. The molecule has 0 unspecified atom stereocenters. The van der Waals surface area contributed by atoms with Crippen molar-refractivity contribution in [3.63, 3.8) is 0 Å². The van der Waals surface area contributed by atoms with Crippen LogP contribution >= 0.6 is 11.3 Å². The van der Waals surface area contributed by atoms with E-state index in [1.165, 1.54) is 18.4 Å². The number of aromatic nitrogens is 1. The van der Waals surface area contributed by atoms with Gasteiger partial charge in [0.25, 0.3) is 0 Å². The molecule has 0 aliphatic heterocycles. The molecule has 1 aromatic heterocycles. The first-order valence-electron chi connectivity index (χ1n) is 6.86. The van der Waals surface area contributed by atoms with Crippen molar-refractivity contribution in [3.8, 4) is 0 Å². The van der Waals surface area contributed by atoms with Crippen LogP contribution in [0, 0.1) is 5.92 Å². The zero-order valence-electron chi connectivity index (χ0n) is 12.3. The van der Waals surface area contributed by atoms with Gasteiger partial charge in [-0.15, -0.1) is 11.3 Å². The molecule has 0 amide bonds. The number of methoxy groups -OCH3 is 2. The fraction of sp³-hybridized carbons (Fsp3) is 0.714. The average Bonchev–Trinajstić information content (AvgIpc) is 2.87. The molecule has 1 saturated carbocycles. The van der Waals surface area contributed by atoms with E-state index in [4.69, 9.17) is 15.2 Å². The van der Waals surface area contributed by atoms with E-state index in [9.17, 15) is 4.79 Å². The Balaban J connectivity index is 2.30. The second-order valence-corrected chi connectivity index (χ2v) is 6.56. The van der Waals surface area contributed by atoms with Gasteiger partial charge in [0.2, 0.25) is 0 Å². The third kappa shape index (κ3) is 3.02. The molecule has 0 bridgehead atoms. The number of carbonyl (C=O) groups excluding carboxylic acids is 1. The molecule has 5 nitrogen and oxygen atoms in total. The summed E-state index contributed by atoms with van der Waals surface area (Å²) < 4.78 is 9.92. The molecule has 2 N–H and O–H groups in total. The van der Waals surface area contributed by atoms with E-state index < -0.39 is 5.54 Å². The third-order valence-corrected chi connectivity index (χ3v) is 5.24. The van der Waals surface area contributed by atoms with Gasteiger partial charge in [-0.05, 0) is 31.6 Å². The summed E-state index contributed by atoms with van der Waals surface area (Å²) in [5.41, 5.74) is 6.73. The van der Waals surface area contributed by atoms with Crippen molar-refractivity contribution < 1.29 is 14.3 Å². The van der Waals surface area contributed by atoms with Crippen LogP contribution < -0.4 is 5.73 Å². The van der Waals surface area contributed by atoms with Crippen molar-refractivity contribution in [2.45, 2.75) is 44.8 Å². The van der Waals surface area contributed by atoms with E-state index in [0.717, 1.165) is 30.7 Å². The third-order valence-electron chi connectivity index (χ3n) is 3.94. The molecule has 1 fully saturated rings. The SMILES string of the molecule is COCc1nc(C2(N)CCC(C)CC2)sc1C(=O)OC. The molecule has 0 spiro atoms. The van der Waals surface area contributed by atoms with Crippen LogP contribution in [-0.4, -0.2) is 25.2 Å². The van der Waals surface area contributed by atoms with Crippen molar-refractivity contribution in [2.24, 2.45) is 11.7 Å². The molecule has 0 aromatic carbocycles. The summed E-state index contributed by atoms with van der Waals surface area (Å²) in [4.78, 5) is 16.9. The fourth-order valence-electron chi connectivity index (χ4n) is 2.54. The minimum Gasteiger partial charge on any atom is -0.465 e. The second-order valence-electron chi connectivity index (χ2n) is 5.56. The maximum Gasteiger partial charge on any atom is 0.350 e. The summed E-state index contributed by atoms with van der Waals surface area (Å²) in [6, 6.07) is 0. The quantitative estimate of drug-likeness (QED) is 0.864. The number of nitrogens with two attached hydrogens (primary N) is 1. The molecule has 0 atom stereocenters. The van der Waals surface area contributed by atoms with Crippen LogP contribution in [0.15, 0.2) is 0 Å². The lowest BCUT2D eigenvalue weighted by atomic mass is 9.78. The summed E-state index contributed by atoms with van der Waals surface area (Å²) in [7, 11) is 2.96. The Morgan fingerprint density at radius 1 is 1.45 bits per heavy atom. The highest BCUT2D eigenvalue weighted by Gasteiger charge is 2.36. The average molecular weight is 298 g/mol. The lowest BCUT2D eigenvalue weighted by molar-refractivity contribution is 0.0601. The Kier molecular flexibility index (Phi) is 4.78. The zero-order valence-corrected chi connectivity index (χ0v) is 13.1. The highest BCUT2D eigenvalue weighted by molar-refractivity contribution is 7.13. The van der Waals surface area contributed by atoms with Gasteiger partial charge < -0.3 is 15.2 Å². The topological polar surface area (TPSA) is 74.4 Å². The highest BCUT2D eigenvalue weighted by Crippen LogP contribution is 2.40. The molecule has 1 aromatic rings. The van der Waals surface area contributed by atoms with Crippen LogP contribution in [-0.2, 0) is 21.6 Å². The first-order chi connectivity index (χ1) is 9.50. The first-order valence-corrected chi connectivity index (χ1v) is 7.68. The number of nitrogens with zero attached hydrogens (tertiary/aromatic N) is 1. The van der Waals surface area contributed by atoms with E-state index in [1.54, 1.807) is 7.11 Å². The highest BCUT2D eigenvalue weighted by atomic mass is 32.1. The fourth-order valence-corrected chi connectivity index (χ4v) is 3.69. The molecule has 1 aliphatic carbocycles. The summed E-state index contributed by atoms with van der Waals surface area (Å²) in [5.74, 6) is 0.346. The maximum absolute atomic E-state index is 11.8. The molecule has 2 rings (SSSR count). The maximum atomic E-state index is 11.8. The zero-order chi connectivity index (χ0) is 14.8. The molecular formula is C14H22N2O3S. The Labute approximate surface area is 123 Å². The van der Waals surface area contributed by atoms with Crippen LogP contribution in [0.5, 0.6) is 0 Å². The monoisotopic (exact) mass is 298 g/mol. The van der Waals surface area contributed by atoms with E-state index >= 15 is 0 Å². The van der Waals surface area contributed by atoms with Gasteiger partial charge in [-0.1, -0.05) is 6.92 Å². The van der Waals surface area contributed by atoms with E-state index in [2.05, 4.69) is 11.9 Å². The summed E-state index contributed by atoms with van der Waals surface area (Å²) in [5, 5.41) is 0.830. The normalized spacial score (nSPS) is 26.5. The van der Waals surface area contributed by atoms with Gasteiger partial charge in [-0.2, -0.15) is 0 Å². The summed E-state index contributed by atoms with van der Waals surface area (Å²) in [6.07, 6.45) is 4.02. The van der Waals surface area contributed by atoms with Gasteiger partial charge in [-0.25, -0.2) is 9.78 Å². The molecular weight excluding hydrogens is 276 g/mol. The minimum absolute atomic E-state index is 0.299. The summed E-state index contributed by atoms with van der Waals surface area (Å²) >= 11 is 1.35. The number of rotatable bonds is 4. The predicted octanol–water partition coefficient (Wildman–Crippen LogP) is 2.44. The van der Waals surface area contributed by atoms with Crippen molar-refractivity contribution in [1.29, 1.82) is 0 Å². The van der Waals surface area contributed by atoms with Gasteiger partial charge in [0.05, 0.1) is 24.9 Å². The number of ether oxygens (including phenoxy) is 2. The summed E-state index contributed by atoms with van der Waals surface area (Å²) in [6.45, 7) is 2.55. The number of esters is 1. The Morgan fingerprint density at radius 3 is 2.65 bits per heavy atom. The largest absolute Gasteiger partial charge is 0.465 e. The number of thiazole rings is 1. The van der Waals surface area contributed by atoms with Gasteiger partial charge >= 0.3 is 5.97 Å². The second kappa shape index (κ2) is 6.20. The molecule has 112 valence electrons. The van der Waals surface area contributed by atoms with E-state index in [-0.39, 0.29) is 5.97 Å². The van der Waals surface area contributed by atoms with Crippen LogP contribution in [0.1, 0.15) is 53.0 Å². The van der Waals surface area contributed by atoms with Crippen molar-refractivity contribution in [1.82, 2.24) is 4.98 Å². The van der Waals surface area contributed by atoms with Crippen LogP contribution in [0.3, 0.4) is 0 Å². The molecule has 1 heterocycles. The predicted molar refractivity (Wildman–Crippen MR) is 77.7 cm³/mol. The van der Waals surface area contributed by atoms with Crippen LogP contribution in [0.25, 0.3) is 0 Å². The Hall–Kier alpha value is -0.980. The lowest BCUT2D eigenvalue weighted by Gasteiger charge is -2.34.